The maximum Gasteiger partial charge on any atom is 0.349 e. The second-order valence-electron chi connectivity index (χ2n) is 10.5. The normalized spacial score (nSPS) is 11.8. The van der Waals surface area contributed by atoms with E-state index in [1.54, 1.807) is 24.3 Å². The number of carbonyl (C=O) groups excluding carboxylic acids is 5. The molecule has 0 aromatic heterocycles. The summed E-state index contributed by atoms with van der Waals surface area (Å²) in [6.07, 6.45) is -4.66. The van der Waals surface area contributed by atoms with Gasteiger partial charge in [0.25, 0.3) is 5.91 Å². The Morgan fingerprint density at radius 2 is 1.06 bits per heavy atom. The van der Waals surface area contributed by atoms with E-state index < -0.39 is 48.0 Å². The molecule has 4 rings (SSSR count). The molecule has 0 radical (unpaired) electrons. The average molecular weight is 714 g/mol. The van der Waals surface area contributed by atoms with Crippen molar-refractivity contribution in [3.63, 3.8) is 0 Å². The van der Waals surface area contributed by atoms with Gasteiger partial charge in [-0.25, -0.2) is 14.4 Å². The van der Waals surface area contributed by atoms with Gasteiger partial charge in [0, 0.05) is 19.5 Å². The Morgan fingerprint density at radius 1 is 0.596 bits per heavy atom. The Morgan fingerprint density at radius 3 is 1.50 bits per heavy atom. The predicted molar refractivity (Wildman–Crippen MR) is 180 cm³/mol. The first-order chi connectivity index (χ1) is 24.9. The van der Waals surface area contributed by atoms with Gasteiger partial charge in [0.1, 0.15) is 0 Å². The van der Waals surface area contributed by atoms with Crippen LogP contribution in [-0.4, -0.2) is 67.3 Å². The second kappa shape index (κ2) is 17.5. The zero-order valence-electron chi connectivity index (χ0n) is 28.1. The number of ether oxygens (including phenoxy) is 6. The molecule has 2 atom stereocenters. The van der Waals surface area contributed by atoms with Crippen molar-refractivity contribution < 1.29 is 62.3 Å². The number of rotatable bonds is 14. The number of carboxylic acid groups (broad SMARTS) is 1. The standard InChI is InChI=1S/C36H31N3O13/c1-20(40)49-27-16-10-22(18-29(27)47-3)35(45)51-31(33(42)37-24-12-14-26(15-13-24)39-38-25-8-6-5-7-9-25)32(34(43)44)52-36(46)23-11-17-28(50-21(2)41)30(19-23)48-4/h5-19,31-32H,1-4H3,(H,37,42)(H,43,44)/t31-,32+/m0/s1. The van der Waals surface area contributed by atoms with E-state index in [1.807, 2.05) is 6.07 Å². The van der Waals surface area contributed by atoms with Crippen molar-refractivity contribution in [2.75, 3.05) is 19.5 Å². The number of esters is 4. The molecule has 4 aromatic rings. The Kier molecular flexibility index (Phi) is 12.7. The number of carbonyl (C=O) groups is 6. The number of hydrogen-bond acceptors (Lipinski definition) is 14. The minimum Gasteiger partial charge on any atom is -0.493 e. The van der Waals surface area contributed by atoms with Crippen molar-refractivity contribution in [3.05, 3.63) is 102 Å². The van der Waals surface area contributed by atoms with Crippen molar-refractivity contribution in [1.29, 1.82) is 0 Å². The molecular weight excluding hydrogens is 682 g/mol. The van der Waals surface area contributed by atoms with E-state index >= 15 is 0 Å². The molecule has 16 nitrogen and oxygen atoms in total. The van der Waals surface area contributed by atoms with Crippen LogP contribution >= 0.6 is 0 Å². The number of carboxylic acids is 1. The molecule has 0 aliphatic carbocycles. The third kappa shape index (κ3) is 10.2. The van der Waals surface area contributed by atoms with Crippen molar-refractivity contribution in [2.24, 2.45) is 10.2 Å². The fourth-order valence-corrected chi connectivity index (χ4v) is 4.36. The molecule has 16 heteroatoms. The summed E-state index contributed by atoms with van der Waals surface area (Å²) in [5.74, 6) is -7.01. The maximum atomic E-state index is 13.6. The van der Waals surface area contributed by atoms with E-state index in [-0.39, 0.29) is 39.8 Å². The SMILES string of the molecule is COc1cc(C(=O)O[C@H](C(=O)Nc2ccc(N=Nc3ccccc3)cc2)[C@@H](OC(=O)c2ccc(OC(C)=O)c(OC)c2)C(=O)O)ccc1OC(C)=O. The van der Waals surface area contributed by atoms with Crippen molar-refractivity contribution in [3.8, 4) is 23.0 Å². The maximum absolute atomic E-state index is 13.6. The summed E-state index contributed by atoms with van der Waals surface area (Å²) in [5.41, 5.74) is 0.675. The fourth-order valence-electron chi connectivity index (χ4n) is 4.36. The van der Waals surface area contributed by atoms with Gasteiger partial charge in [-0.1, -0.05) is 18.2 Å². The van der Waals surface area contributed by atoms with Gasteiger partial charge >= 0.3 is 29.8 Å². The first kappa shape index (κ1) is 37.7. The smallest absolute Gasteiger partial charge is 0.349 e. The predicted octanol–water partition coefficient (Wildman–Crippen LogP) is 5.44. The lowest BCUT2D eigenvalue weighted by molar-refractivity contribution is -0.157. The highest BCUT2D eigenvalue weighted by atomic mass is 16.6. The molecule has 0 fully saturated rings. The highest BCUT2D eigenvalue weighted by Gasteiger charge is 2.41. The van der Waals surface area contributed by atoms with E-state index in [2.05, 4.69) is 15.5 Å². The molecule has 0 aliphatic heterocycles. The fraction of sp³-hybridized carbons (Fsp3) is 0.167. The zero-order valence-corrected chi connectivity index (χ0v) is 28.1. The van der Waals surface area contributed by atoms with Crippen molar-refractivity contribution >= 4 is 52.8 Å². The monoisotopic (exact) mass is 713 g/mol. The molecule has 0 bridgehead atoms. The van der Waals surface area contributed by atoms with Crippen LogP contribution in [0.25, 0.3) is 0 Å². The number of anilines is 1. The van der Waals surface area contributed by atoms with E-state index in [0.29, 0.717) is 11.4 Å². The second-order valence-corrected chi connectivity index (χ2v) is 10.5. The summed E-state index contributed by atoms with van der Waals surface area (Å²) in [6.45, 7) is 2.31. The number of amides is 1. The van der Waals surface area contributed by atoms with Gasteiger partial charge in [-0.2, -0.15) is 10.2 Å². The molecule has 1 amide bonds. The lowest BCUT2D eigenvalue weighted by atomic mass is 10.1. The number of nitrogens with one attached hydrogen (secondary N) is 1. The Bertz CT molecular complexity index is 2000. The summed E-state index contributed by atoms with van der Waals surface area (Å²) in [5, 5.41) is 20.8. The van der Waals surface area contributed by atoms with Gasteiger partial charge in [0.05, 0.1) is 36.7 Å². The Labute approximate surface area is 295 Å². The van der Waals surface area contributed by atoms with Crippen LogP contribution in [0.3, 0.4) is 0 Å². The third-order valence-electron chi connectivity index (χ3n) is 6.72. The number of aliphatic carboxylic acids is 1. The molecule has 2 N–H and O–H groups in total. The summed E-state index contributed by atoms with van der Waals surface area (Å²) in [6, 6.07) is 21.9. The topological polar surface area (TPSA) is 215 Å². The van der Waals surface area contributed by atoms with Gasteiger partial charge in [0.2, 0.25) is 12.2 Å². The molecule has 52 heavy (non-hydrogen) atoms. The minimum absolute atomic E-state index is 0.0277. The van der Waals surface area contributed by atoms with Crippen LogP contribution in [0.4, 0.5) is 17.1 Å². The Hall–Kier alpha value is -7.10. The van der Waals surface area contributed by atoms with Gasteiger partial charge in [-0.3, -0.25) is 14.4 Å². The van der Waals surface area contributed by atoms with Crippen LogP contribution in [0.2, 0.25) is 0 Å². The minimum atomic E-state index is -2.39. The number of methoxy groups -OCH3 is 2. The quantitative estimate of drug-likeness (QED) is 0.0946. The number of nitrogens with zero attached hydrogens (tertiary/aromatic N) is 2. The molecule has 0 spiro atoms. The Balaban J connectivity index is 1.63. The van der Waals surface area contributed by atoms with Crippen LogP contribution < -0.4 is 24.3 Å². The van der Waals surface area contributed by atoms with E-state index in [4.69, 9.17) is 28.4 Å². The number of hydrogen-bond donors (Lipinski definition) is 2. The highest BCUT2D eigenvalue weighted by molar-refractivity contribution is 6.02. The van der Waals surface area contributed by atoms with Gasteiger partial charge in [-0.15, -0.1) is 0 Å². The summed E-state index contributed by atoms with van der Waals surface area (Å²) in [4.78, 5) is 75.6. The largest absolute Gasteiger partial charge is 0.493 e. The van der Waals surface area contributed by atoms with E-state index in [9.17, 15) is 33.9 Å². The molecule has 0 heterocycles. The highest BCUT2D eigenvalue weighted by Crippen LogP contribution is 2.31. The molecular formula is C36H31N3O13. The van der Waals surface area contributed by atoms with Crippen molar-refractivity contribution in [2.45, 2.75) is 26.1 Å². The lowest BCUT2D eigenvalue weighted by Gasteiger charge is -2.24. The number of azo groups is 1. The van der Waals surface area contributed by atoms with Gasteiger partial charge in [0.15, 0.2) is 23.0 Å². The number of benzene rings is 4. The third-order valence-corrected chi connectivity index (χ3v) is 6.72. The van der Waals surface area contributed by atoms with E-state index in [1.165, 1.54) is 56.7 Å². The molecule has 0 unspecified atom stereocenters. The summed E-state index contributed by atoms with van der Waals surface area (Å²) < 4.78 is 31.0. The van der Waals surface area contributed by atoms with Crippen LogP contribution in [-0.2, 0) is 28.7 Å². The molecule has 268 valence electrons. The van der Waals surface area contributed by atoms with Crippen LogP contribution in [0.5, 0.6) is 23.0 Å². The van der Waals surface area contributed by atoms with Gasteiger partial charge in [-0.05, 0) is 72.8 Å². The molecule has 4 aromatic carbocycles. The molecule has 0 saturated carbocycles. The average Bonchev–Trinajstić information content (AvgIpc) is 3.12. The summed E-state index contributed by atoms with van der Waals surface area (Å²) in [7, 11) is 2.49. The van der Waals surface area contributed by atoms with E-state index in [0.717, 1.165) is 32.0 Å². The molecule has 0 saturated heterocycles. The first-order valence-corrected chi connectivity index (χ1v) is 15.1. The lowest BCUT2D eigenvalue weighted by Crippen LogP contribution is -2.48. The first-order valence-electron chi connectivity index (χ1n) is 15.1. The zero-order chi connectivity index (χ0) is 37.8. The van der Waals surface area contributed by atoms with Gasteiger partial charge < -0.3 is 38.8 Å². The van der Waals surface area contributed by atoms with Crippen molar-refractivity contribution in [1.82, 2.24) is 0 Å². The summed E-state index contributed by atoms with van der Waals surface area (Å²) >= 11 is 0. The molecule has 0 aliphatic rings. The van der Waals surface area contributed by atoms with Crippen LogP contribution in [0, 0.1) is 0 Å². The van der Waals surface area contributed by atoms with Crippen LogP contribution in [0.1, 0.15) is 34.6 Å². The van der Waals surface area contributed by atoms with Crippen LogP contribution in [0.15, 0.2) is 101 Å².